The lowest BCUT2D eigenvalue weighted by atomic mass is 10.1. The van der Waals surface area contributed by atoms with Crippen LogP contribution in [0.3, 0.4) is 0 Å². The number of aromatic nitrogens is 3. The highest BCUT2D eigenvalue weighted by atomic mass is 32.2. The van der Waals surface area contributed by atoms with Crippen LogP contribution in [0, 0.1) is 0 Å². The molecule has 0 bridgehead atoms. The van der Waals surface area contributed by atoms with Crippen LogP contribution in [-0.4, -0.2) is 26.9 Å². The fourth-order valence-corrected chi connectivity index (χ4v) is 3.83. The van der Waals surface area contributed by atoms with Crippen LogP contribution in [0.2, 0.25) is 0 Å². The molecule has 1 unspecified atom stereocenters. The number of hydrogen-bond donors (Lipinski definition) is 2. The van der Waals surface area contributed by atoms with E-state index in [1.807, 2.05) is 80.9 Å². The first-order valence-corrected chi connectivity index (χ1v) is 11.6. The van der Waals surface area contributed by atoms with Crippen molar-refractivity contribution in [1.29, 1.82) is 0 Å². The van der Waals surface area contributed by atoms with Crippen LogP contribution in [-0.2, 0) is 7.05 Å². The lowest BCUT2D eigenvalue weighted by molar-refractivity contribution is 0.102. The van der Waals surface area contributed by atoms with Crippen molar-refractivity contribution < 1.29 is 9.53 Å². The monoisotopic (exact) mass is 459 g/mol. The van der Waals surface area contributed by atoms with E-state index in [9.17, 15) is 4.79 Å². The first-order chi connectivity index (χ1) is 15.9. The molecule has 4 rings (SSSR count). The molecular weight excluding hydrogens is 434 g/mol. The fraction of sp³-hybridized carbons (Fsp3) is 0.160. The van der Waals surface area contributed by atoms with E-state index in [-0.39, 0.29) is 12.0 Å². The van der Waals surface area contributed by atoms with Crippen LogP contribution < -0.4 is 15.8 Å². The summed E-state index contributed by atoms with van der Waals surface area (Å²) in [5.41, 5.74) is 10.0. The van der Waals surface area contributed by atoms with Crippen LogP contribution in [0.4, 0.5) is 11.5 Å². The van der Waals surface area contributed by atoms with Crippen molar-refractivity contribution in [1.82, 2.24) is 14.8 Å². The summed E-state index contributed by atoms with van der Waals surface area (Å²) in [6, 6.07) is 18.9. The molecule has 2 aromatic carbocycles. The van der Waals surface area contributed by atoms with E-state index in [2.05, 4.69) is 15.4 Å². The molecule has 7 nitrogen and oxygen atoms in total. The third kappa shape index (κ3) is 5.18. The van der Waals surface area contributed by atoms with Crippen LogP contribution in [0.25, 0.3) is 11.3 Å². The number of thioether (sulfide) groups is 1. The predicted octanol–water partition coefficient (Wildman–Crippen LogP) is 5.18. The lowest BCUT2D eigenvalue weighted by Crippen LogP contribution is -2.12. The smallest absolute Gasteiger partial charge is 0.255 e. The molecule has 0 spiro atoms. The normalized spacial score (nSPS) is 11.7. The van der Waals surface area contributed by atoms with E-state index >= 15 is 0 Å². The number of ether oxygens (including phenoxy) is 1. The number of carbonyl (C=O) groups is 1. The molecule has 0 radical (unpaired) electrons. The molecule has 0 aliphatic rings. The molecule has 168 valence electrons. The van der Waals surface area contributed by atoms with Crippen LogP contribution >= 0.6 is 11.8 Å². The number of hydrogen-bond acceptors (Lipinski definition) is 6. The van der Waals surface area contributed by atoms with Gasteiger partial charge in [-0.25, -0.2) is 4.98 Å². The van der Waals surface area contributed by atoms with E-state index in [0.29, 0.717) is 22.8 Å². The van der Waals surface area contributed by atoms with Gasteiger partial charge in [0.1, 0.15) is 6.10 Å². The number of nitrogen functional groups attached to an aromatic ring is 1. The summed E-state index contributed by atoms with van der Waals surface area (Å²) in [6.07, 6.45) is 5.12. The van der Waals surface area contributed by atoms with Gasteiger partial charge in [0.2, 0.25) is 0 Å². The molecule has 1 atom stereocenters. The molecule has 0 saturated heterocycles. The van der Waals surface area contributed by atoms with Crippen molar-refractivity contribution in [3.8, 4) is 17.0 Å². The lowest BCUT2D eigenvalue weighted by Gasteiger charge is -2.18. The average Bonchev–Trinajstić information content (AvgIpc) is 3.26. The maximum absolute atomic E-state index is 12.6. The topological polar surface area (TPSA) is 95.1 Å². The summed E-state index contributed by atoms with van der Waals surface area (Å²) in [7, 11) is 1.87. The Bertz CT molecular complexity index is 1270. The van der Waals surface area contributed by atoms with Gasteiger partial charge in [0.25, 0.3) is 5.91 Å². The Morgan fingerprint density at radius 2 is 1.94 bits per heavy atom. The summed E-state index contributed by atoms with van der Waals surface area (Å²) in [4.78, 5) is 18.0. The zero-order valence-electron chi connectivity index (χ0n) is 18.6. The minimum Gasteiger partial charge on any atom is -0.482 e. The molecule has 0 fully saturated rings. The number of pyridine rings is 1. The molecule has 33 heavy (non-hydrogen) atoms. The Morgan fingerprint density at radius 1 is 1.15 bits per heavy atom. The molecule has 3 N–H and O–H groups in total. The average molecular weight is 460 g/mol. The summed E-state index contributed by atoms with van der Waals surface area (Å²) in [5, 5.41) is 7.15. The van der Waals surface area contributed by atoms with Crippen LogP contribution in [0.5, 0.6) is 5.75 Å². The summed E-state index contributed by atoms with van der Waals surface area (Å²) < 4.78 is 7.91. The second-order valence-corrected chi connectivity index (χ2v) is 8.40. The standard InChI is InChI=1S/C25H25N5O2S/c1-16(32-23-14-19(15-27-24(23)26)22-11-12-28-30(22)2)18-5-4-6-20(13-18)29-25(31)17-7-9-21(33-3)10-8-17/h4-16H,1-3H3,(H2,26,27)(H,29,31). The zero-order valence-corrected chi connectivity index (χ0v) is 19.5. The van der Waals surface area contributed by atoms with Crippen LogP contribution in [0.15, 0.2) is 78.0 Å². The largest absolute Gasteiger partial charge is 0.482 e. The van der Waals surface area contributed by atoms with E-state index in [0.717, 1.165) is 21.7 Å². The minimum absolute atomic E-state index is 0.161. The molecule has 0 aliphatic carbocycles. The van der Waals surface area contributed by atoms with Gasteiger partial charge < -0.3 is 15.8 Å². The van der Waals surface area contributed by atoms with E-state index < -0.39 is 0 Å². The second kappa shape index (κ2) is 9.79. The van der Waals surface area contributed by atoms with Crippen LogP contribution in [0.1, 0.15) is 28.9 Å². The molecule has 8 heteroatoms. The number of rotatable bonds is 7. The highest BCUT2D eigenvalue weighted by Gasteiger charge is 2.14. The molecule has 2 heterocycles. The number of carbonyl (C=O) groups excluding carboxylic acids is 1. The maximum Gasteiger partial charge on any atom is 0.255 e. The number of aryl methyl sites for hydroxylation is 1. The van der Waals surface area contributed by atoms with Gasteiger partial charge in [-0.05, 0) is 67.3 Å². The Hall–Kier alpha value is -3.78. The second-order valence-electron chi connectivity index (χ2n) is 7.52. The van der Waals surface area contributed by atoms with E-state index in [4.69, 9.17) is 10.5 Å². The third-order valence-corrected chi connectivity index (χ3v) is 6.01. The molecule has 2 aromatic heterocycles. The Balaban J connectivity index is 1.49. The van der Waals surface area contributed by atoms with Gasteiger partial charge in [0, 0.05) is 41.2 Å². The van der Waals surface area contributed by atoms with Gasteiger partial charge in [-0.2, -0.15) is 5.10 Å². The first-order valence-electron chi connectivity index (χ1n) is 10.4. The number of amides is 1. The number of anilines is 2. The van der Waals surface area contributed by atoms with Crippen molar-refractivity contribution in [3.63, 3.8) is 0 Å². The molecule has 4 aromatic rings. The quantitative estimate of drug-likeness (QED) is 0.370. The minimum atomic E-state index is -0.311. The van der Waals surface area contributed by atoms with Crippen molar-refractivity contribution >= 4 is 29.2 Å². The molecule has 1 amide bonds. The van der Waals surface area contributed by atoms with E-state index in [1.54, 1.807) is 28.8 Å². The highest BCUT2D eigenvalue weighted by molar-refractivity contribution is 7.98. The summed E-state index contributed by atoms with van der Waals surface area (Å²) in [5.74, 6) is 0.640. The highest BCUT2D eigenvalue weighted by Crippen LogP contribution is 2.31. The van der Waals surface area contributed by atoms with Gasteiger partial charge in [-0.1, -0.05) is 12.1 Å². The van der Waals surface area contributed by atoms with Gasteiger partial charge in [0.15, 0.2) is 11.6 Å². The summed E-state index contributed by atoms with van der Waals surface area (Å²) >= 11 is 1.64. The SMILES string of the molecule is CSc1ccc(C(=O)Nc2cccc(C(C)Oc3cc(-c4ccnn4C)cnc3N)c2)cc1. The van der Waals surface area contributed by atoms with Crippen molar-refractivity contribution in [3.05, 3.63) is 84.2 Å². The zero-order chi connectivity index (χ0) is 23.4. The van der Waals surface area contributed by atoms with Crippen molar-refractivity contribution in [2.24, 2.45) is 7.05 Å². The number of nitrogens with zero attached hydrogens (tertiary/aromatic N) is 3. The van der Waals surface area contributed by atoms with Gasteiger partial charge >= 0.3 is 0 Å². The Morgan fingerprint density at radius 3 is 2.64 bits per heavy atom. The Kier molecular flexibility index (Phi) is 6.65. The third-order valence-electron chi connectivity index (χ3n) is 5.27. The van der Waals surface area contributed by atoms with Gasteiger partial charge in [-0.15, -0.1) is 11.8 Å². The molecular formula is C25H25N5O2S. The van der Waals surface area contributed by atoms with Gasteiger partial charge in [0.05, 0.1) is 5.69 Å². The Labute approximate surface area is 197 Å². The molecule has 0 saturated carbocycles. The maximum atomic E-state index is 12.6. The number of nitrogens with two attached hydrogens (primary N) is 1. The molecule has 0 aliphatic heterocycles. The first kappa shape index (κ1) is 22.4. The van der Waals surface area contributed by atoms with Crippen molar-refractivity contribution in [2.75, 3.05) is 17.3 Å². The number of benzene rings is 2. The predicted molar refractivity (Wildman–Crippen MR) is 133 cm³/mol. The van der Waals surface area contributed by atoms with Gasteiger partial charge in [-0.3, -0.25) is 9.48 Å². The fourth-order valence-electron chi connectivity index (χ4n) is 3.42. The number of nitrogens with one attached hydrogen (secondary N) is 1. The van der Waals surface area contributed by atoms with Crippen molar-refractivity contribution in [2.45, 2.75) is 17.9 Å². The summed E-state index contributed by atoms with van der Waals surface area (Å²) in [6.45, 7) is 1.93. The van der Waals surface area contributed by atoms with E-state index in [1.165, 1.54) is 0 Å².